The number of halogens is 1. The highest BCUT2D eigenvalue weighted by Gasteiger charge is 2.15. The third-order valence-corrected chi connectivity index (χ3v) is 7.58. The third kappa shape index (κ3) is 6.25. The van der Waals surface area contributed by atoms with Crippen LogP contribution in [-0.2, 0) is 17.6 Å². The largest absolute Gasteiger partial charge is 0.481 e. The lowest BCUT2D eigenvalue weighted by molar-refractivity contribution is -0.136. The van der Waals surface area contributed by atoms with E-state index < -0.39 is 5.97 Å². The highest BCUT2D eigenvalue weighted by Crippen LogP contribution is 2.32. The van der Waals surface area contributed by atoms with Crippen LogP contribution in [0.25, 0.3) is 10.1 Å². The molecular formula is C29H28ClNO4S. The van der Waals surface area contributed by atoms with Crippen molar-refractivity contribution in [1.29, 1.82) is 0 Å². The minimum Gasteiger partial charge on any atom is -0.481 e. The minimum atomic E-state index is -0.804. The van der Waals surface area contributed by atoms with Gasteiger partial charge in [-0.1, -0.05) is 23.7 Å². The zero-order valence-electron chi connectivity index (χ0n) is 20.5. The van der Waals surface area contributed by atoms with Crippen LogP contribution >= 0.6 is 22.9 Å². The number of benzene rings is 3. The SMILES string of the molecule is Cc1cc(CCNC(=O)c2sc3ccc(Cl)cc3c2C)cc(Oc2ccc(CCC(=O)O)c(C)c2)c1. The summed E-state index contributed by atoms with van der Waals surface area (Å²) in [6.45, 7) is 6.43. The summed E-state index contributed by atoms with van der Waals surface area (Å²) in [5, 5.41) is 13.6. The maximum Gasteiger partial charge on any atom is 0.303 e. The van der Waals surface area contributed by atoms with Crippen molar-refractivity contribution >= 4 is 44.9 Å². The molecule has 0 unspecified atom stereocenters. The Labute approximate surface area is 219 Å². The van der Waals surface area contributed by atoms with Gasteiger partial charge in [0.15, 0.2) is 0 Å². The maximum absolute atomic E-state index is 12.8. The number of amides is 1. The van der Waals surface area contributed by atoms with Crippen molar-refractivity contribution in [2.45, 2.75) is 40.0 Å². The molecule has 0 radical (unpaired) electrons. The zero-order chi connectivity index (χ0) is 25.8. The molecule has 4 aromatic rings. The Bertz CT molecular complexity index is 1440. The number of fused-ring (bicyclic) bond motifs is 1. The van der Waals surface area contributed by atoms with Crippen LogP contribution in [0.2, 0.25) is 5.02 Å². The van der Waals surface area contributed by atoms with Gasteiger partial charge in [-0.15, -0.1) is 11.3 Å². The van der Waals surface area contributed by atoms with Crippen LogP contribution in [0, 0.1) is 20.8 Å². The van der Waals surface area contributed by atoms with Gasteiger partial charge in [0.2, 0.25) is 0 Å². The first-order valence-electron chi connectivity index (χ1n) is 11.8. The van der Waals surface area contributed by atoms with Crippen LogP contribution < -0.4 is 10.1 Å². The summed E-state index contributed by atoms with van der Waals surface area (Å²) in [5.74, 6) is 0.553. The fourth-order valence-corrected chi connectivity index (χ4v) is 5.51. The second-order valence-corrected chi connectivity index (χ2v) is 10.4. The fraction of sp³-hybridized carbons (Fsp3) is 0.241. The minimum absolute atomic E-state index is 0.0765. The van der Waals surface area contributed by atoms with Gasteiger partial charge >= 0.3 is 5.97 Å². The molecule has 5 nitrogen and oxygen atoms in total. The number of carbonyl (C=O) groups is 2. The smallest absolute Gasteiger partial charge is 0.303 e. The fourth-order valence-electron chi connectivity index (χ4n) is 4.23. The molecule has 1 heterocycles. The Morgan fingerprint density at radius 3 is 2.53 bits per heavy atom. The summed E-state index contributed by atoms with van der Waals surface area (Å²) in [6, 6.07) is 17.5. The predicted octanol–water partition coefficient (Wildman–Crippen LogP) is 7.26. The third-order valence-electron chi connectivity index (χ3n) is 6.07. The highest BCUT2D eigenvalue weighted by molar-refractivity contribution is 7.21. The quantitative estimate of drug-likeness (QED) is 0.243. The van der Waals surface area contributed by atoms with E-state index in [1.165, 1.54) is 11.3 Å². The molecule has 0 aliphatic heterocycles. The van der Waals surface area contributed by atoms with Crippen molar-refractivity contribution in [2.75, 3.05) is 6.54 Å². The van der Waals surface area contributed by atoms with Gasteiger partial charge in [-0.25, -0.2) is 0 Å². The van der Waals surface area contributed by atoms with Crippen LogP contribution in [0.4, 0.5) is 0 Å². The number of thiophene rings is 1. The molecule has 1 amide bonds. The van der Waals surface area contributed by atoms with Gasteiger partial charge in [-0.05, 0) is 109 Å². The first-order valence-corrected chi connectivity index (χ1v) is 13.0. The van der Waals surface area contributed by atoms with E-state index in [9.17, 15) is 9.59 Å². The van der Waals surface area contributed by atoms with Crippen LogP contribution in [0.5, 0.6) is 11.5 Å². The van der Waals surface area contributed by atoms with Crippen LogP contribution in [0.15, 0.2) is 54.6 Å². The van der Waals surface area contributed by atoms with Gasteiger partial charge in [0, 0.05) is 22.7 Å². The molecule has 1 aromatic heterocycles. The monoisotopic (exact) mass is 521 g/mol. The van der Waals surface area contributed by atoms with Gasteiger partial charge in [0.25, 0.3) is 5.91 Å². The number of carboxylic acids is 1. The predicted molar refractivity (Wildman–Crippen MR) is 146 cm³/mol. The molecule has 2 N–H and O–H groups in total. The molecule has 0 bridgehead atoms. The molecule has 0 aliphatic carbocycles. The van der Waals surface area contributed by atoms with E-state index in [-0.39, 0.29) is 12.3 Å². The average Bonchev–Trinajstić information content (AvgIpc) is 3.14. The molecular weight excluding hydrogens is 494 g/mol. The summed E-state index contributed by atoms with van der Waals surface area (Å²) < 4.78 is 7.15. The first kappa shape index (κ1) is 25.7. The molecule has 0 aliphatic rings. The van der Waals surface area contributed by atoms with Gasteiger partial charge in [0.1, 0.15) is 11.5 Å². The normalized spacial score (nSPS) is 11.0. The molecule has 0 saturated heterocycles. The van der Waals surface area contributed by atoms with Crippen molar-refractivity contribution in [3.63, 3.8) is 0 Å². The number of hydrogen-bond donors (Lipinski definition) is 2. The van der Waals surface area contributed by atoms with Crippen molar-refractivity contribution in [1.82, 2.24) is 5.32 Å². The summed E-state index contributed by atoms with van der Waals surface area (Å²) >= 11 is 7.60. The van der Waals surface area contributed by atoms with Crippen molar-refractivity contribution in [3.8, 4) is 11.5 Å². The number of carbonyl (C=O) groups excluding carboxylic acids is 1. The van der Waals surface area contributed by atoms with E-state index in [2.05, 4.69) is 11.4 Å². The Morgan fingerprint density at radius 2 is 1.78 bits per heavy atom. The van der Waals surface area contributed by atoms with Crippen LogP contribution in [-0.4, -0.2) is 23.5 Å². The lowest BCUT2D eigenvalue weighted by Crippen LogP contribution is -2.25. The number of aliphatic carboxylic acids is 1. The van der Waals surface area contributed by atoms with E-state index in [4.69, 9.17) is 21.4 Å². The molecule has 3 aromatic carbocycles. The average molecular weight is 522 g/mol. The van der Waals surface area contributed by atoms with E-state index >= 15 is 0 Å². The number of rotatable bonds is 9. The number of hydrogen-bond acceptors (Lipinski definition) is 4. The highest BCUT2D eigenvalue weighted by atomic mass is 35.5. The number of ether oxygens (including phenoxy) is 1. The van der Waals surface area contributed by atoms with Crippen molar-refractivity contribution in [3.05, 3.63) is 92.3 Å². The van der Waals surface area contributed by atoms with Crippen LogP contribution in [0.1, 0.15) is 43.9 Å². The standard InChI is InChI=1S/C29H28ClNO4S/c1-17-12-20(10-11-31-29(34)28-19(3)25-16-22(30)6-8-26(25)36-28)15-24(13-17)35-23-7-4-21(18(2)14-23)5-9-27(32)33/h4,6-8,12-16H,5,9-11H2,1-3H3,(H,31,34)(H,32,33). The van der Waals surface area contributed by atoms with Gasteiger partial charge in [-0.3, -0.25) is 9.59 Å². The Hall–Kier alpha value is -3.35. The molecule has 4 rings (SSSR count). The summed E-state index contributed by atoms with van der Waals surface area (Å²) in [4.78, 5) is 24.4. The van der Waals surface area contributed by atoms with Crippen molar-refractivity contribution in [2.24, 2.45) is 0 Å². The van der Waals surface area contributed by atoms with E-state index in [1.807, 2.05) is 69.3 Å². The number of carboxylic acid groups (broad SMARTS) is 1. The second kappa shape index (κ2) is 11.1. The molecule has 0 saturated carbocycles. The molecule has 0 fully saturated rings. The Kier molecular flexibility index (Phi) is 7.97. The van der Waals surface area contributed by atoms with Crippen LogP contribution in [0.3, 0.4) is 0 Å². The Morgan fingerprint density at radius 1 is 0.972 bits per heavy atom. The maximum atomic E-state index is 12.8. The van der Waals surface area contributed by atoms with Gasteiger partial charge in [-0.2, -0.15) is 0 Å². The number of aryl methyl sites for hydroxylation is 4. The molecule has 36 heavy (non-hydrogen) atoms. The second-order valence-electron chi connectivity index (χ2n) is 8.94. The number of nitrogens with one attached hydrogen (secondary N) is 1. The van der Waals surface area contributed by atoms with E-state index in [0.717, 1.165) is 43.7 Å². The summed E-state index contributed by atoms with van der Waals surface area (Å²) in [7, 11) is 0. The topological polar surface area (TPSA) is 75.6 Å². The molecule has 0 atom stereocenters. The van der Waals surface area contributed by atoms with Gasteiger partial charge < -0.3 is 15.2 Å². The summed E-state index contributed by atoms with van der Waals surface area (Å²) in [6.07, 6.45) is 1.28. The molecule has 7 heteroatoms. The molecule has 186 valence electrons. The van der Waals surface area contributed by atoms with Gasteiger partial charge in [0.05, 0.1) is 4.88 Å². The van der Waals surface area contributed by atoms with Crippen molar-refractivity contribution < 1.29 is 19.4 Å². The lowest BCUT2D eigenvalue weighted by Gasteiger charge is -2.12. The van der Waals surface area contributed by atoms with E-state index in [0.29, 0.717) is 35.0 Å². The Balaban J connectivity index is 1.39. The molecule has 0 spiro atoms. The first-order chi connectivity index (χ1) is 17.2. The summed E-state index contributed by atoms with van der Waals surface area (Å²) in [5.41, 5.74) is 5.09. The zero-order valence-corrected chi connectivity index (χ0v) is 22.1. The van der Waals surface area contributed by atoms with E-state index in [1.54, 1.807) is 0 Å². The lowest BCUT2D eigenvalue weighted by atomic mass is 10.0.